The molecule has 0 amide bonds. The molecule has 0 saturated carbocycles. The van der Waals surface area contributed by atoms with Crippen LogP contribution in [-0.2, 0) is 6.61 Å². The van der Waals surface area contributed by atoms with E-state index in [-0.39, 0.29) is 12.3 Å². The molecule has 0 aliphatic carbocycles. The second kappa shape index (κ2) is 6.29. The Labute approximate surface area is 120 Å². The smallest absolute Gasteiger partial charge is 0.279 e. The topological polar surface area (TPSA) is 79.4 Å². The predicted molar refractivity (Wildman–Crippen MR) is 75.2 cm³/mol. The van der Waals surface area contributed by atoms with Crippen LogP contribution in [-0.4, -0.2) is 20.7 Å². The Morgan fingerprint density at radius 1 is 1.40 bits per heavy atom. The van der Waals surface area contributed by atoms with E-state index in [0.29, 0.717) is 23.8 Å². The van der Waals surface area contributed by atoms with Gasteiger partial charge in [0, 0.05) is 18.3 Å². The van der Waals surface area contributed by atoms with E-state index in [2.05, 4.69) is 17.9 Å². The number of thiol groups is 1. The van der Waals surface area contributed by atoms with Gasteiger partial charge in [-0.25, -0.2) is 4.09 Å². The first kappa shape index (κ1) is 14.2. The highest BCUT2D eigenvalue weighted by molar-refractivity contribution is 7.78. The number of nitro benzene ring substituents is 1. The summed E-state index contributed by atoms with van der Waals surface area (Å²) in [6.07, 6.45) is 1.60. The molecule has 106 valence electrons. The molecule has 0 aliphatic heterocycles. The van der Waals surface area contributed by atoms with Crippen LogP contribution in [0.4, 0.5) is 5.69 Å². The van der Waals surface area contributed by atoms with E-state index in [1.165, 1.54) is 10.2 Å². The molecule has 0 atom stereocenters. The molecule has 0 unspecified atom stereocenters. The molecule has 8 heteroatoms. The van der Waals surface area contributed by atoms with Gasteiger partial charge in [0.2, 0.25) is 5.88 Å². The zero-order chi connectivity index (χ0) is 14.5. The zero-order valence-electron chi connectivity index (χ0n) is 10.7. The van der Waals surface area contributed by atoms with E-state index in [4.69, 9.17) is 9.47 Å². The van der Waals surface area contributed by atoms with Gasteiger partial charge in [-0.15, -0.1) is 5.10 Å². The maximum absolute atomic E-state index is 11.1. The van der Waals surface area contributed by atoms with Crippen LogP contribution in [0.2, 0.25) is 0 Å². The summed E-state index contributed by atoms with van der Waals surface area (Å²) in [5.41, 5.74) is 0.342. The second-order valence-corrected chi connectivity index (χ2v) is 4.22. The van der Waals surface area contributed by atoms with Crippen molar-refractivity contribution in [2.75, 3.05) is 6.61 Å². The van der Waals surface area contributed by atoms with Crippen molar-refractivity contribution in [1.82, 2.24) is 9.19 Å². The number of nitrogens with zero attached hydrogens (tertiary/aromatic N) is 3. The Morgan fingerprint density at radius 2 is 2.20 bits per heavy atom. The quantitative estimate of drug-likeness (QED) is 0.503. The minimum absolute atomic E-state index is 0.00270. The molecule has 1 aromatic heterocycles. The van der Waals surface area contributed by atoms with Crippen LogP contribution in [0.5, 0.6) is 11.6 Å². The first-order valence-corrected chi connectivity index (χ1v) is 6.28. The third-order valence-electron chi connectivity index (χ3n) is 2.52. The highest BCUT2D eigenvalue weighted by Gasteiger charge is 2.19. The molecule has 0 fully saturated rings. The Kier molecular flexibility index (Phi) is 4.46. The van der Waals surface area contributed by atoms with Crippen LogP contribution in [0.3, 0.4) is 0 Å². The Hall–Kier alpha value is -2.22. The van der Waals surface area contributed by atoms with E-state index >= 15 is 0 Å². The lowest BCUT2D eigenvalue weighted by Gasteiger charge is -2.10. The van der Waals surface area contributed by atoms with Gasteiger partial charge in [-0.3, -0.25) is 10.1 Å². The minimum Gasteiger partial charge on any atom is -0.493 e. The van der Waals surface area contributed by atoms with Gasteiger partial charge in [-0.1, -0.05) is 6.07 Å². The van der Waals surface area contributed by atoms with Gasteiger partial charge in [0.1, 0.15) is 17.9 Å². The number of aromatic nitrogens is 2. The summed E-state index contributed by atoms with van der Waals surface area (Å²) in [7, 11) is 0. The summed E-state index contributed by atoms with van der Waals surface area (Å²) < 4.78 is 12.1. The molecule has 1 heterocycles. The molecule has 0 saturated heterocycles. The fraction of sp³-hybridized carbons (Fsp3) is 0.250. The lowest BCUT2D eigenvalue weighted by Crippen LogP contribution is -2.05. The lowest BCUT2D eigenvalue weighted by molar-refractivity contribution is -0.385. The average Bonchev–Trinajstić information content (AvgIpc) is 2.83. The molecule has 0 N–H and O–H groups in total. The van der Waals surface area contributed by atoms with Gasteiger partial charge < -0.3 is 9.47 Å². The molecule has 0 spiro atoms. The zero-order valence-corrected chi connectivity index (χ0v) is 11.6. The van der Waals surface area contributed by atoms with Crippen LogP contribution < -0.4 is 9.47 Å². The Balaban J connectivity index is 2.25. The molecule has 0 aliphatic rings. The van der Waals surface area contributed by atoms with Crippen LogP contribution in [0.25, 0.3) is 0 Å². The van der Waals surface area contributed by atoms with Gasteiger partial charge in [-0.05, 0) is 25.8 Å². The van der Waals surface area contributed by atoms with Gasteiger partial charge >= 0.3 is 0 Å². The summed E-state index contributed by atoms with van der Waals surface area (Å²) in [4.78, 5) is 10.6. The van der Waals surface area contributed by atoms with Gasteiger partial charge in [-0.2, -0.15) is 0 Å². The van der Waals surface area contributed by atoms with Crippen molar-refractivity contribution in [3.63, 3.8) is 0 Å². The molecule has 20 heavy (non-hydrogen) atoms. The lowest BCUT2D eigenvalue weighted by atomic mass is 10.1. The Bertz CT molecular complexity index is 614. The number of rotatable bonds is 6. The summed E-state index contributed by atoms with van der Waals surface area (Å²) in [5, 5.41) is 15.0. The third kappa shape index (κ3) is 3.21. The normalized spacial score (nSPS) is 10.3. The predicted octanol–water partition coefficient (Wildman–Crippen LogP) is 2.46. The maximum Gasteiger partial charge on any atom is 0.279 e. The average molecular weight is 295 g/mol. The number of ether oxygens (including phenoxy) is 2. The monoisotopic (exact) mass is 295 g/mol. The number of nitro groups is 1. The summed E-state index contributed by atoms with van der Waals surface area (Å²) in [6, 6.07) is 6.28. The van der Waals surface area contributed by atoms with Crippen molar-refractivity contribution in [2.45, 2.75) is 13.5 Å². The van der Waals surface area contributed by atoms with Crippen LogP contribution in [0, 0.1) is 10.1 Å². The minimum atomic E-state index is -0.460. The molecule has 7 nitrogen and oxygen atoms in total. The SMILES string of the molecule is CCOc1cccc([N+](=O)[O-])c1COc1ccn(S)n1. The fourth-order valence-corrected chi connectivity index (χ4v) is 1.84. The van der Waals surface area contributed by atoms with Crippen molar-refractivity contribution in [1.29, 1.82) is 0 Å². The molecule has 2 rings (SSSR count). The van der Waals surface area contributed by atoms with Gasteiger partial charge in [0.15, 0.2) is 0 Å². The number of hydrogen-bond donors (Lipinski definition) is 1. The van der Waals surface area contributed by atoms with Crippen molar-refractivity contribution in [3.05, 3.63) is 46.1 Å². The second-order valence-electron chi connectivity index (χ2n) is 3.81. The van der Waals surface area contributed by atoms with Gasteiger partial charge in [0.05, 0.1) is 11.5 Å². The van der Waals surface area contributed by atoms with Crippen molar-refractivity contribution < 1.29 is 14.4 Å². The maximum atomic E-state index is 11.1. The van der Waals surface area contributed by atoms with Crippen LogP contribution >= 0.6 is 12.8 Å². The van der Waals surface area contributed by atoms with Crippen molar-refractivity contribution in [2.24, 2.45) is 0 Å². The Morgan fingerprint density at radius 3 is 2.80 bits per heavy atom. The van der Waals surface area contributed by atoms with Crippen molar-refractivity contribution in [3.8, 4) is 11.6 Å². The molecule has 1 aromatic carbocycles. The molecule has 2 aromatic rings. The summed E-state index contributed by atoms with van der Waals surface area (Å²) in [6.45, 7) is 2.22. The summed E-state index contributed by atoms with van der Waals surface area (Å²) in [5.74, 6) is 0.771. The van der Waals surface area contributed by atoms with E-state index in [9.17, 15) is 10.1 Å². The highest BCUT2D eigenvalue weighted by atomic mass is 32.1. The van der Waals surface area contributed by atoms with E-state index < -0.39 is 4.92 Å². The molecular formula is C12H13N3O4S. The molecular weight excluding hydrogens is 282 g/mol. The fourth-order valence-electron chi connectivity index (χ4n) is 1.68. The number of benzene rings is 1. The standard InChI is InChI=1S/C12H13N3O4S/c1-2-18-11-5-3-4-10(15(16)17)9(11)8-19-12-6-7-14(20)13-12/h3-7,20H,2,8H2,1H3. The van der Waals surface area contributed by atoms with Crippen molar-refractivity contribution >= 4 is 18.5 Å². The first-order chi connectivity index (χ1) is 9.61. The van der Waals surface area contributed by atoms with Crippen LogP contribution in [0.15, 0.2) is 30.5 Å². The summed E-state index contributed by atoms with van der Waals surface area (Å²) >= 11 is 3.98. The molecule has 0 radical (unpaired) electrons. The first-order valence-electron chi connectivity index (χ1n) is 5.88. The van der Waals surface area contributed by atoms with E-state index in [1.807, 2.05) is 6.92 Å². The van der Waals surface area contributed by atoms with Crippen LogP contribution in [0.1, 0.15) is 12.5 Å². The molecule has 0 bridgehead atoms. The number of hydrogen-bond acceptors (Lipinski definition) is 6. The van der Waals surface area contributed by atoms with Gasteiger partial charge in [0.25, 0.3) is 5.69 Å². The highest BCUT2D eigenvalue weighted by Crippen LogP contribution is 2.29. The van der Waals surface area contributed by atoms with E-state index in [0.717, 1.165) is 0 Å². The van der Waals surface area contributed by atoms with E-state index in [1.54, 1.807) is 24.4 Å². The largest absolute Gasteiger partial charge is 0.493 e. The third-order valence-corrected chi connectivity index (χ3v) is 2.74.